The van der Waals surface area contributed by atoms with Gasteiger partial charge in [0.25, 0.3) is 5.91 Å². The van der Waals surface area contributed by atoms with Crippen LogP contribution in [0.25, 0.3) is 33.4 Å². The highest BCUT2D eigenvalue weighted by atomic mass is 16.3. The number of rotatable bonds is 9. The van der Waals surface area contributed by atoms with Crippen LogP contribution in [0.3, 0.4) is 0 Å². The van der Waals surface area contributed by atoms with Crippen LogP contribution in [0, 0.1) is 0 Å². The van der Waals surface area contributed by atoms with Gasteiger partial charge in [0.05, 0.1) is 12.7 Å². The van der Waals surface area contributed by atoms with E-state index in [0.717, 1.165) is 70.6 Å². The van der Waals surface area contributed by atoms with Gasteiger partial charge in [-0.25, -0.2) is 4.58 Å². The summed E-state index contributed by atoms with van der Waals surface area (Å²) in [4.78, 5) is 17.3. The molecule has 0 aromatic heterocycles. The zero-order valence-electron chi connectivity index (χ0n) is 22.6. The first-order valence-corrected chi connectivity index (χ1v) is 13.3. The summed E-state index contributed by atoms with van der Waals surface area (Å²) in [5.41, 5.74) is 5.30. The summed E-state index contributed by atoms with van der Waals surface area (Å²) in [6.07, 6.45) is 0. The Balaban J connectivity index is 2.08. The third-order valence-electron chi connectivity index (χ3n) is 7.16. The highest BCUT2D eigenvalue weighted by Crippen LogP contribution is 2.42. The van der Waals surface area contributed by atoms with E-state index in [0.29, 0.717) is 5.56 Å². The lowest BCUT2D eigenvalue weighted by Crippen LogP contribution is -2.30. The molecule has 4 rings (SSSR count). The molecule has 0 radical (unpaired) electrons. The number of fused-ring (bicyclic) bond motifs is 2. The number of benzene rings is 3. The van der Waals surface area contributed by atoms with Crippen LogP contribution in [0.2, 0.25) is 0 Å². The first kappa shape index (κ1) is 26.4. The average Bonchev–Trinajstić information content (AvgIpc) is 2.92. The highest BCUT2D eigenvalue weighted by Gasteiger charge is 2.23. The number of hydrogen-bond donors (Lipinski definition) is 1. The molecule has 1 heterocycles. The molecule has 6 heteroatoms. The van der Waals surface area contributed by atoms with Gasteiger partial charge in [-0.2, -0.15) is 0 Å². The summed E-state index contributed by atoms with van der Waals surface area (Å²) in [5, 5.41) is 11.5. The number of carbonyl (C=O) groups excluding carboxylic acids is 1. The van der Waals surface area contributed by atoms with Crippen LogP contribution in [0.15, 0.2) is 65.1 Å². The van der Waals surface area contributed by atoms with E-state index >= 15 is 0 Å². The maximum Gasteiger partial charge on any atom is 0.254 e. The van der Waals surface area contributed by atoms with E-state index in [1.165, 1.54) is 0 Å². The van der Waals surface area contributed by atoms with Gasteiger partial charge >= 0.3 is 0 Å². The fraction of sp³-hybridized carbons (Fsp3) is 0.355. The molecular formula is C31H38N3O3+. The van der Waals surface area contributed by atoms with Crippen LogP contribution in [0.4, 0.5) is 5.69 Å². The third kappa shape index (κ3) is 5.12. The lowest BCUT2D eigenvalue weighted by molar-refractivity contribution is 0.0767. The quantitative estimate of drug-likeness (QED) is 0.262. The number of aliphatic hydroxyl groups excluding tert-OH is 1. The second kappa shape index (κ2) is 11.6. The van der Waals surface area contributed by atoms with Crippen molar-refractivity contribution in [3.8, 4) is 22.5 Å². The summed E-state index contributed by atoms with van der Waals surface area (Å²) < 4.78 is 8.87. The highest BCUT2D eigenvalue weighted by molar-refractivity contribution is 6.09. The van der Waals surface area contributed by atoms with Gasteiger partial charge < -0.3 is 19.3 Å². The minimum Gasteiger partial charge on any atom is -0.456 e. The Morgan fingerprint density at radius 1 is 0.919 bits per heavy atom. The van der Waals surface area contributed by atoms with Crippen molar-refractivity contribution in [2.45, 2.75) is 27.7 Å². The van der Waals surface area contributed by atoms with Gasteiger partial charge in [-0.15, -0.1) is 0 Å². The first-order valence-electron chi connectivity index (χ1n) is 13.3. The molecule has 2 aromatic rings. The molecule has 0 atom stereocenters. The molecule has 37 heavy (non-hydrogen) atoms. The predicted molar refractivity (Wildman–Crippen MR) is 152 cm³/mol. The molecule has 0 fully saturated rings. The Hall–Kier alpha value is -3.64. The van der Waals surface area contributed by atoms with Gasteiger partial charge in [-0.1, -0.05) is 18.2 Å². The monoisotopic (exact) mass is 500 g/mol. The predicted octanol–water partition coefficient (Wildman–Crippen LogP) is 4.93. The van der Waals surface area contributed by atoms with Gasteiger partial charge in [0.15, 0.2) is 0 Å². The maximum atomic E-state index is 13.4. The van der Waals surface area contributed by atoms with Crippen molar-refractivity contribution in [1.29, 1.82) is 0 Å². The smallest absolute Gasteiger partial charge is 0.254 e. The summed E-state index contributed by atoms with van der Waals surface area (Å²) >= 11 is 0. The lowest BCUT2D eigenvalue weighted by atomic mass is 9.90. The molecule has 1 aliphatic carbocycles. The molecule has 0 saturated carbocycles. The topological polar surface area (TPSA) is 59.9 Å². The van der Waals surface area contributed by atoms with Crippen LogP contribution in [0.5, 0.6) is 0 Å². The van der Waals surface area contributed by atoms with Crippen molar-refractivity contribution in [2.75, 3.05) is 51.3 Å². The molecular weight excluding hydrogens is 462 g/mol. The molecule has 0 spiro atoms. The van der Waals surface area contributed by atoms with E-state index in [4.69, 9.17) is 4.42 Å². The number of carbonyl (C=O) groups is 1. The molecule has 6 nitrogen and oxygen atoms in total. The summed E-state index contributed by atoms with van der Waals surface area (Å²) in [5.74, 6) is 0.667. The minimum absolute atomic E-state index is 0.0806. The lowest BCUT2D eigenvalue weighted by Gasteiger charge is -2.23. The summed E-state index contributed by atoms with van der Waals surface area (Å²) in [6.45, 7) is 12.4. The molecule has 0 bridgehead atoms. The van der Waals surface area contributed by atoms with Gasteiger partial charge in [0.2, 0.25) is 5.36 Å². The zero-order valence-corrected chi connectivity index (χ0v) is 22.6. The summed E-state index contributed by atoms with van der Waals surface area (Å²) in [6, 6.07) is 20.4. The van der Waals surface area contributed by atoms with Gasteiger partial charge in [-0.3, -0.25) is 4.79 Å². The van der Waals surface area contributed by atoms with Crippen molar-refractivity contribution in [3.63, 3.8) is 0 Å². The normalized spacial score (nSPS) is 11.2. The molecule has 1 N–H and O–H groups in total. The molecule has 0 saturated heterocycles. The number of anilines is 1. The SMILES string of the molecule is CCN(CC)c1ccc2c(-c3ccccc3C(=O)N(C)CCO)c3ccc(=[N+](CC)CC)cc-3oc2c1. The van der Waals surface area contributed by atoms with E-state index in [2.05, 4.69) is 73.6 Å². The van der Waals surface area contributed by atoms with E-state index in [9.17, 15) is 9.90 Å². The van der Waals surface area contributed by atoms with Crippen molar-refractivity contribution in [2.24, 2.45) is 0 Å². The van der Waals surface area contributed by atoms with Crippen LogP contribution >= 0.6 is 0 Å². The van der Waals surface area contributed by atoms with Crippen molar-refractivity contribution in [3.05, 3.63) is 71.6 Å². The Labute approximate surface area is 219 Å². The van der Waals surface area contributed by atoms with Gasteiger partial charge in [0, 0.05) is 66.6 Å². The Bertz CT molecular complexity index is 1430. The molecule has 0 unspecified atom stereocenters. The molecule has 2 aliphatic rings. The fourth-order valence-electron chi connectivity index (χ4n) is 5.07. The molecule has 2 aromatic carbocycles. The second-order valence-corrected chi connectivity index (χ2v) is 9.18. The standard InChI is InChI=1S/C31H38N3O3/c1-6-33(7-2)22-14-16-26-28(20-22)37-29-21-23(34(8-3)9-4)15-17-27(29)30(26)24-12-10-11-13-25(24)31(36)32(5)18-19-35/h10-17,20-21,35H,6-9,18-19H2,1-5H3/q+1. The van der Waals surface area contributed by atoms with Gasteiger partial charge in [0.1, 0.15) is 24.4 Å². The van der Waals surface area contributed by atoms with Gasteiger partial charge in [-0.05, 0) is 57.5 Å². The largest absolute Gasteiger partial charge is 0.456 e. The number of aliphatic hydroxyl groups is 1. The molecule has 1 aliphatic heterocycles. The van der Waals surface area contributed by atoms with E-state index in [-0.39, 0.29) is 19.1 Å². The minimum atomic E-state index is -0.119. The van der Waals surface area contributed by atoms with E-state index in [1.54, 1.807) is 11.9 Å². The fourth-order valence-corrected chi connectivity index (χ4v) is 5.07. The average molecular weight is 501 g/mol. The Morgan fingerprint density at radius 3 is 2.32 bits per heavy atom. The van der Waals surface area contributed by atoms with Crippen molar-refractivity contribution < 1.29 is 14.3 Å². The number of hydrogen-bond acceptors (Lipinski definition) is 4. The van der Waals surface area contributed by atoms with E-state index < -0.39 is 0 Å². The molecule has 1 amide bonds. The third-order valence-corrected chi connectivity index (χ3v) is 7.16. The zero-order chi connectivity index (χ0) is 26.5. The van der Waals surface area contributed by atoms with E-state index in [1.807, 2.05) is 24.3 Å². The maximum absolute atomic E-state index is 13.4. The summed E-state index contributed by atoms with van der Waals surface area (Å²) in [7, 11) is 1.72. The number of amides is 1. The van der Waals surface area contributed by atoms with Crippen LogP contribution in [-0.2, 0) is 0 Å². The first-order chi connectivity index (χ1) is 18.0. The Morgan fingerprint density at radius 2 is 1.65 bits per heavy atom. The van der Waals surface area contributed by atoms with Crippen molar-refractivity contribution >= 4 is 22.6 Å². The van der Waals surface area contributed by atoms with Crippen LogP contribution in [-0.4, -0.2) is 62.3 Å². The van der Waals surface area contributed by atoms with Crippen LogP contribution < -0.4 is 14.8 Å². The number of nitrogens with zero attached hydrogens (tertiary/aromatic N) is 3. The number of likely N-dealkylation sites (N-methyl/N-ethyl adjacent to an activating group) is 1. The Kier molecular flexibility index (Phi) is 8.29. The second-order valence-electron chi connectivity index (χ2n) is 9.18. The van der Waals surface area contributed by atoms with Crippen molar-refractivity contribution in [1.82, 2.24) is 9.48 Å². The van der Waals surface area contributed by atoms with Crippen LogP contribution in [0.1, 0.15) is 38.1 Å². The molecule has 194 valence electrons.